The second-order valence-electron chi connectivity index (χ2n) is 7.96. The Balaban J connectivity index is 4.23. The van der Waals surface area contributed by atoms with Crippen LogP contribution in [0.4, 0.5) is 0 Å². The molecule has 0 aliphatic heterocycles. The van der Waals surface area contributed by atoms with Gasteiger partial charge in [-0.25, -0.2) is 0 Å². The monoisotopic (exact) mass is 582 g/mol. The zero-order chi connectivity index (χ0) is 25.7. The van der Waals surface area contributed by atoms with E-state index in [2.05, 4.69) is 20.8 Å². The van der Waals surface area contributed by atoms with Crippen LogP contribution in [0.15, 0.2) is 0 Å². The molecule has 0 amide bonds. The second kappa shape index (κ2) is 17.0. The summed E-state index contributed by atoms with van der Waals surface area (Å²) in [6.45, 7) is 11.6. The van der Waals surface area contributed by atoms with E-state index in [1.165, 1.54) is 0 Å². The lowest BCUT2D eigenvalue weighted by Crippen LogP contribution is -2.38. The van der Waals surface area contributed by atoms with Crippen molar-refractivity contribution in [2.75, 3.05) is 26.3 Å². The maximum atomic E-state index is 5.76. The standard InChI is InChI=1S/C18H40N4O5P2S4/c1-13(2)24-28(32,25-14(3)4)21-17(30)19-9-11-23-12-10-20-18(31)22-29(33,26-15(5)6)27-16(7)8/h13-16H,9-12H2,1-8H3,(H2,19,21,30,32)(H2,20,22,31,33). The van der Waals surface area contributed by atoms with Crippen LogP contribution < -0.4 is 20.8 Å². The number of rotatable bonds is 16. The van der Waals surface area contributed by atoms with E-state index in [0.717, 1.165) is 0 Å². The van der Waals surface area contributed by atoms with E-state index < -0.39 is 13.3 Å². The van der Waals surface area contributed by atoms with Crippen LogP contribution in [0.5, 0.6) is 0 Å². The lowest BCUT2D eigenvalue weighted by atomic mass is 10.5. The van der Waals surface area contributed by atoms with Gasteiger partial charge in [0.15, 0.2) is 10.2 Å². The molecule has 0 radical (unpaired) electrons. The fraction of sp³-hybridized carbons (Fsp3) is 0.889. The minimum atomic E-state index is -2.72. The molecular weight excluding hydrogens is 542 g/mol. The van der Waals surface area contributed by atoms with Crippen LogP contribution in [-0.2, 0) is 46.4 Å². The molecule has 0 aromatic heterocycles. The summed E-state index contributed by atoms with van der Waals surface area (Å²) in [5.41, 5.74) is 0. The largest absolute Gasteiger partial charge is 0.378 e. The summed E-state index contributed by atoms with van der Waals surface area (Å²) in [7, 11) is 0. The van der Waals surface area contributed by atoms with Gasteiger partial charge in [0.25, 0.3) is 13.3 Å². The molecule has 0 saturated carbocycles. The smallest absolute Gasteiger partial charge is 0.289 e. The second-order valence-corrected chi connectivity index (χ2v) is 14.9. The quantitative estimate of drug-likeness (QED) is 0.120. The summed E-state index contributed by atoms with van der Waals surface area (Å²) in [5, 5.41) is 12.8. The third-order valence-corrected chi connectivity index (χ3v) is 9.11. The molecule has 0 saturated heterocycles. The Morgan fingerprint density at radius 1 is 0.606 bits per heavy atom. The first kappa shape index (κ1) is 33.5. The fourth-order valence-electron chi connectivity index (χ4n) is 2.17. The summed E-state index contributed by atoms with van der Waals surface area (Å²) in [6, 6.07) is 0. The van der Waals surface area contributed by atoms with Crippen molar-refractivity contribution in [3.05, 3.63) is 0 Å². The third kappa shape index (κ3) is 18.4. The van der Waals surface area contributed by atoms with Crippen LogP contribution in [0.3, 0.4) is 0 Å². The Kier molecular flexibility index (Phi) is 17.3. The minimum Gasteiger partial charge on any atom is -0.378 e. The topological polar surface area (TPSA) is 94.3 Å². The summed E-state index contributed by atoms with van der Waals surface area (Å²) in [5.74, 6) is 0. The van der Waals surface area contributed by atoms with Crippen molar-refractivity contribution in [3.63, 3.8) is 0 Å². The van der Waals surface area contributed by atoms with Crippen molar-refractivity contribution in [2.45, 2.75) is 79.8 Å². The van der Waals surface area contributed by atoms with Crippen LogP contribution in [0.25, 0.3) is 0 Å². The van der Waals surface area contributed by atoms with Gasteiger partial charge >= 0.3 is 0 Å². The minimum absolute atomic E-state index is 0.0804. The van der Waals surface area contributed by atoms with Gasteiger partial charge in [0.1, 0.15) is 0 Å². The molecule has 0 aliphatic rings. The molecular formula is C18H40N4O5P2S4. The maximum Gasteiger partial charge on any atom is 0.289 e. The van der Waals surface area contributed by atoms with Crippen molar-refractivity contribution in [3.8, 4) is 0 Å². The van der Waals surface area contributed by atoms with Crippen molar-refractivity contribution < 1.29 is 22.8 Å². The van der Waals surface area contributed by atoms with Crippen LogP contribution in [0.2, 0.25) is 0 Å². The van der Waals surface area contributed by atoms with E-state index >= 15 is 0 Å². The van der Waals surface area contributed by atoms with Crippen LogP contribution in [0.1, 0.15) is 55.4 Å². The molecule has 196 valence electrons. The van der Waals surface area contributed by atoms with E-state index in [1.54, 1.807) is 0 Å². The Hall–Kier alpha value is 0.480. The van der Waals surface area contributed by atoms with Gasteiger partial charge in [-0.2, -0.15) is 0 Å². The first-order chi connectivity index (χ1) is 15.2. The molecule has 0 unspecified atom stereocenters. The predicted octanol–water partition coefficient (Wildman–Crippen LogP) is 4.08. The zero-order valence-electron chi connectivity index (χ0n) is 20.7. The highest BCUT2D eigenvalue weighted by Gasteiger charge is 2.24. The molecule has 0 heterocycles. The highest BCUT2D eigenvalue weighted by atomic mass is 32.5. The zero-order valence-corrected chi connectivity index (χ0v) is 25.8. The van der Waals surface area contributed by atoms with Gasteiger partial charge < -0.3 is 33.5 Å². The number of nitrogens with one attached hydrogen (secondary N) is 4. The molecule has 15 heteroatoms. The van der Waals surface area contributed by atoms with Crippen molar-refractivity contribution >= 4 is 71.6 Å². The normalized spacial score (nSPS) is 12.5. The molecule has 0 aromatic carbocycles. The Bertz CT molecular complexity index is 615. The van der Waals surface area contributed by atoms with E-state index in [9.17, 15) is 0 Å². The van der Waals surface area contributed by atoms with Gasteiger partial charge in [0, 0.05) is 13.1 Å². The molecule has 0 atom stereocenters. The number of hydrogen-bond donors (Lipinski definition) is 4. The molecule has 0 spiro atoms. The lowest BCUT2D eigenvalue weighted by molar-refractivity contribution is 0.143. The fourth-order valence-corrected chi connectivity index (χ4v) is 9.24. The number of thiocarbonyl (C=S) groups is 2. The first-order valence-electron chi connectivity index (χ1n) is 10.8. The van der Waals surface area contributed by atoms with Crippen LogP contribution in [0, 0.1) is 0 Å². The van der Waals surface area contributed by atoms with Crippen molar-refractivity contribution in [1.29, 1.82) is 0 Å². The average Bonchev–Trinajstić information content (AvgIpc) is 2.56. The molecule has 0 aromatic rings. The van der Waals surface area contributed by atoms with Gasteiger partial charge in [-0.15, -0.1) is 0 Å². The molecule has 0 bridgehead atoms. The molecule has 0 rings (SSSR count). The van der Waals surface area contributed by atoms with Gasteiger partial charge in [-0.1, -0.05) is 0 Å². The average molecular weight is 583 g/mol. The molecule has 33 heavy (non-hydrogen) atoms. The van der Waals surface area contributed by atoms with Crippen molar-refractivity contribution in [1.82, 2.24) is 20.8 Å². The van der Waals surface area contributed by atoms with E-state index in [0.29, 0.717) is 36.5 Å². The van der Waals surface area contributed by atoms with E-state index in [-0.39, 0.29) is 24.4 Å². The summed E-state index contributed by atoms with van der Waals surface area (Å²) in [4.78, 5) is 0. The first-order valence-corrected chi connectivity index (χ1v) is 16.9. The highest BCUT2D eigenvalue weighted by molar-refractivity contribution is 8.09. The Morgan fingerprint density at radius 3 is 1.12 bits per heavy atom. The predicted molar refractivity (Wildman–Crippen MR) is 152 cm³/mol. The van der Waals surface area contributed by atoms with E-state index in [1.807, 2.05) is 55.4 Å². The lowest BCUT2D eigenvalue weighted by Gasteiger charge is -2.27. The Labute approximate surface area is 220 Å². The molecule has 0 aliphatic carbocycles. The SMILES string of the molecule is CC(C)OP(=S)(NC(=S)NCCOCCNC(=S)NP(=S)(OC(C)C)OC(C)C)OC(C)C. The highest BCUT2D eigenvalue weighted by Crippen LogP contribution is 2.47. The number of hydrogen-bond acceptors (Lipinski definition) is 9. The third-order valence-electron chi connectivity index (χ3n) is 2.94. The molecule has 9 nitrogen and oxygen atoms in total. The summed E-state index contributed by atoms with van der Waals surface area (Å²) >= 11 is 21.7. The van der Waals surface area contributed by atoms with Gasteiger partial charge in [0.2, 0.25) is 0 Å². The van der Waals surface area contributed by atoms with Crippen LogP contribution in [-0.4, -0.2) is 60.9 Å². The van der Waals surface area contributed by atoms with Crippen LogP contribution >= 0.6 is 37.7 Å². The molecule has 4 N–H and O–H groups in total. The van der Waals surface area contributed by atoms with Gasteiger partial charge in [-0.3, -0.25) is 10.2 Å². The van der Waals surface area contributed by atoms with Gasteiger partial charge in [0.05, 0.1) is 37.6 Å². The Morgan fingerprint density at radius 2 is 0.879 bits per heavy atom. The summed E-state index contributed by atoms with van der Waals surface area (Å²) < 4.78 is 28.6. The molecule has 0 fully saturated rings. The van der Waals surface area contributed by atoms with Gasteiger partial charge in [-0.05, 0) is 103 Å². The summed E-state index contributed by atoms with van der Waals surface area (Å²) in [6.07, 6.45) is -0.322. The van der Waals surface area contributed by atoms with Crippen molar-refractivity contribution in [2.24, 2.45) is 0 Å². The number of ether oxygens (including phenoxy) is 1. The van der Waals surface area contributed by atoms with E-state index in [4.69, 9.17) is 70.9 Å². The maximum absolute atomic E-state index is 5.76.